The van der Waals surface area contributed by atoms with Crippen LogP contribution in [0.5, 0.6) is 11.5 Å². The average Bonchev–Trinajstić information content (AvgIpc) is 2.26. The first-order valence-corrected chi connectivity index (χ1v) is 5.42. The number of amides is 1. The SMILES string of the molecule is COc1cccc(C(=O)N2CC(C(=O)O)C2)c1O. The molecule has 1 amide bonds. The van der Waals surface area contributed by atoms with Gasteiger partial charge in [-0.05, 0) is 12.1 Å². The second kappa shape index (κ2) is 4.56. The van der Waals surface area contributed by atoms with Gasteiger partial charge in [0, 0.05) is 13.1 Å². The van der Waals surface area contributed by atoms with Gasteiger partial charge < -0.3 is 19.8 Å². The van der Waals surface area contributed by atoms with E-state index in [1.54, 1.807) is 12.1 Å². The third-order valence-electron chi connectivity index (χ3n) is 2.97. The Kier molecular flexibility index (Phi) is 3.10. The van der Waals surface area contributed by atoms with Crippen molar-refractivity contribution < 1.29 is 24.5 Å². The molecule has 1 aliphatic rings. The van der Waals surface area contributed by atoms with E-state index in [2.05, 4.69) is 0 Å². The summed E-state index contributed by atoms with van der Waals surface area (Å²) in [5, 5.41) is 18.5. The van der Waals surface area contributed by atoms with Crippen molar-refractivity contribution in [1.29, 1.82) is 0 Å². The number of benzene rings is 1. The summed E-state index contributed by atoms with van der Waals surface area (Å²) in [5.41, 5.74) is 0.123. The molecule has 1 aliphatic heterocycles. The summed E-state index contributed by atoms with van der Waals surface area (Å²) in [5.74, 6) is -1.81. The first kappa shape index (κ1) is 12.2. The number of aliphatic carboxylic acids is 1. The van der Waals surface area contributed by atoms with Gasteiger partial charge in [0.1, 0.15) is 0 Å². The van der Waals surface area contributed by atoms with Crippen LogP contribution in [-0.2, 0) is 4.79 Å². The Labute approximate surface area is 103 Å². The van der Waals surface area contributed by atoms with Gasteiger partial charge in [0.05, 0.1) is 18.6 Å². The first-order valence-electron chi connectivity index (χ1n) is 5.42. The highest BCUT2D eigenvalue weighted by Crippen LogP contribution is 2.31. The highest BCUT2D eigenvalue weighted by Gasteiger charge is 2.36. The van der Waals surface area contributed by atoms with E-state index in [9.17, 15) is 14.7 Å². The molecule has 0 saturated carbocycles. The summed E-state index contributed by atoms with van der Waals surface area (Å²) < 4.78 is 4.91. The zero-order valence-corrected chi connectivity index (χ0v) is 9.79. The number of para-hydroxylation sites is 1. The van der Waals surface area contributed by atoms with Crippen molar-refractivity contribution in [3.05, 3.63) is 23.8 Å². The summed E-state index contributed by atoms with van der Waals surface area (Å²) in [6, 6.07) is 4.62. The number of phenols is 1. The van der Waals surface area contributed by atoms with E-state index in [0.717, 1.165) is 0 Å². The van der Waals surface area contributed by atoms with Crippen molar-refractivity contribution in [1.82, 2.24) is 4.90 Å². The number of carboxylic acid groups (broad SMARTS) is 1. The van der Waals surface area contributed by atoms with E-state index in [4.69, 9.17) is 9.84 Å². The number of methoxy groups -OCH3 is 1. The molecule has 0 unspecified atom stereocenters. The Bertz CT molecular complexity index is 493. The molecule has 1 aromatic rings. The van der Waals surface area contributed by atoms with E-state index in [1.807, 2.05) is 0 Å². The molecule has 0 atom stereocenters. The smallest absolute Gasteiger partial charge is 0.310 e. The monoisotopic (exact) mass is 251 g/mol. The van der Waals surface area contributed by atoms with Crippen LogP contribution in [0.2, 0.25) is 0 Å². The molecule has 0 aromatic heterocycles. The van der Waals surface area contributed by atoms with Crippen molar-refractivity contribution in [3.63, 3.8) is 0 Å². The Hall–Kier alpha value is -2.24. The molecule has 2 N–H and O–H groups in total. The minimum absolute atomic E-state index is 0.123. The molecule has 1 aromatic carbocycles. The third kappa shape index (κ3) is 1.97. The number of nitrogens with zero attached hydrogens (tertiary/aromatic N) is 1. The fraction of sp³-hybridized carbons (Fsp3) is 0.333. The van der Waals surface area contributed by atoms with E-state index in [1.165, 1.54) is 18.1 Å². The third-order valence-corrected chi connectivity index (χ3v) is 2.97. The molecule has 6 nitrogen and oxygen atoms in total. The van der Waals surface area contributed by atoms with Crippen molar-refractivity contribution >= 4 is 11.9 Å². The summed E-state index contributed by atoms with van der Waals surface area (Å²) >= 11 is 0. The number of hydrogen-bond acceptors (Lipinski definition) is 4. The van der Waals surface area contributed by atoms with Gasteiger partial charge in [-0.15, -0.1) is 0 Å². The Balaban J connectivity index is 2.14. The van der Waals surface area contributed by atoms with Crippen LogP contribution in [-0.4, -0.2) is 47.2 Å². The Morgan fingerprint density at radius 3 is 2.61 bits per heavy atom. The van der Waals surface area contributed by atoms with E-state index in [-0.39, 0.29) is 36.1 Å². The second-order valence-electron chi connectivity index (χ2n) is 4.10. The largest absolute Gasteiger partial charge is 0.504 e. The predicted octanol–water partition coefficient (Wildman–Crippen LogP) is 0.557. The summed E-state index contributed by atoms with van der Waals surface area (Å²) in [6.07, 6.45) is 0. The maximum absolute atomic E-state index is 12.0. The number of hydrogen-bond donors (Lipinski definition) is 2. The number of ether oxygens (including phenoxy) is 1. The summed E-state index contributed by atoms with van der Waals surface area (Å²) in [4.78, 5) is 24.0. The molecule has 0 radical (unpaired) electrons. The van der Waals surface area contributed by atoms with Crippen LogP contribution in [0.4, 0.5) is 0 Å². The molecule has 6 heteroatoms. The van der Waals surface area contributed by atoms with Crippen LogP contribution in [0.3, 0.4) is 0 Å². The standard InChI is InChI=1S/C12H13NO5/c1-18-9-4-2-3-8(10(9)14)11(15)13-5-7(6-13)12(16)17/h2-4,7,14H,5-6H2,1H3,(H,16,17). The van der Waals surface area contributed by atoms with Crippen molar-refractivity contribution in [2.75, 3.05) is 20.2 Å². The van der Waals surface area contributed by atoms with E-state index < -0.39 is 11.9 Å². The number of aromatic hydroxyl groups is 1. The van der Waals surface area contributed by atoms with Crippen molar-refractivity contribution in [2.24, 2.45) is 5.92 Å². The lowest BCUT2D eigenvalue weighted by Crippen LogP contribution is -2.53. The molecule has 0 bridgehead atoms. The number of phenolic OH excluding ortho intramolecular Hbond substituents is 1. The van der Waals surface area contributed by atoms with Gasteiger partial charge in [-0.25, -0.2) is 0 Å². The van der Waals surface area contributed by atoms with Gasteiger partial charge in [-0.2, -0.15) is 0 Å². The minimum Gasteiger partial charge on any atom is -0.504 e. The number of rotatable bonds is 3. The lowest BCUT2D eigenvalue weighted by molar-refractivity contribution is -0.146. The van der Waals surface area contributed by atoms with Gasteiger partial charge >= 0.3 is 5.97 Å². The van der Waals surface area contributed by atoms with E-state index in [0.29, 0.717) is 0 Å². The van der Waals surface area contributed by atoms with Crippen LogP contribution in [0.1, 0.15) is 10.4 Å². The first-order chi connectivity index (χ1) is 8.54. The summed E-state index contributed by atoms with van der Waals surface area (Å²) in [7, 11) is 1.40. The average molecular weight is 251 g/mol. The van der Waals surface area contributed by atoms with Crippen LogP contribution >= 0.6 is 0 Å². The fourth-order valence-corrected chi connectivity index (χ4v) is 1.83. The normalized spacial score (nSPS) is 15.1. The molecule has 1 saturated heterocycles. The molecule has 2 rings (SSSR count). The van der Waals surface area contributed by atoms with Crippen LogP contribution < -0.4 is 4.74 Å². The molecule has 1 heterocycles. The molecule has 0 aliphatic carbocycles. The Morgan fingerprint density at radius 2 is 2.06 bits per heavy atom. The lowest BCUT2D eigenvalue weighted by atomic mass is 9.99. The number of carboxylic acids is 1. The number of likely N-dealkylation sites (tertiary alicyclic amines) is 1. The van der Waals surface area contributed by atoms with Gasteiger partial charge in [-0.1, -0.05) is 6.07 Å². The van der Waals surface area contributed by atoms with Gasteiger partial charge in [0.15, 0.2) is 11.5 Å². The van der Waals surface area contributed by atoms with Crippen LogP contribution in [0.25, 0.3) is 0 Å². The molecule has 96 valence electrons. The highest BCUT2D eigenvalue weighted by molar-refractivity contribution is 5.98. The minimum atomic E-state index is -0.908. The molecular formula is C12H13NO5. The molecule has 1 fully saturated rings. The van der Waals surface area contributed by atoms with Crippen molar-refractivity contribution in [2.45, 2.75) is 0 Å². The fourth-order valence-electron chi connectivity index (χ4n) is 1.83. The van der Waals surface area contributed by atoms with Gasteiger partial charge in [0.2, 0.25) is 0 Å². The quantitative estimate of drug-likeness (QED) is 0.819. The molecule has 0 spiro atoms. The zero-order chi connectivity index (χ0) is 13.3. The molecular weight excluding hydrogens is 238 g/mol. The van der Waals surface area contributed by atoms with Gasteiger partial charge in [-0.3, -0.25) is 9.59 Å². The van der Waals surface area contributed by atoms with Crippen LogP contribution in [0.15, 0.2) is 18.2 Å². The lowest BCUT2D eigenvalue weighted by Gasteiger charge is -2.36. The second-order valence-corrected chi connectivity index (χ2v) is 4.10. The zero-order valence-electron chi connectivity index (χ0n) is 9.79. The van der Waals surface area contributed by atoms with Gasteiger partial charge in [0.25, 0.3) is 5.91 Å². The summed E-state index contributed by atoms with van der Waals surface area (Å²) in [6.45, 7) is 0.343. The highest BCUT2D eigenvalue weighted by atomic mass is 16.5. The molecule has 18 heavy (non-hydrogen) atoms. The van der Waals surface area contributed by atoms with Crippen molar-refractivity contribution in [3.8, 4) is 11.5 Å². The topological polar surface area (TPSA) is 87.1 Å². The van der Waals surface area contributed by atoms with Crippen LogP contribution in [0, 0.1) is 5.92 Å². The maximum Gasteiger partial charge on any atom is 0.310 e. The Morgan fingerprint density at radius 1 is 1.39 bits per heavy atom. The predicted molar refractivity (Wildman–Crippen MR) is 61.7 cm³/mol. The maximum atomic E-state index is 12.0. The van der Waals surface area contributed by atoms with E-state index >= 15 is 0 Å². The number of carbonyl (C=O) groups is 2. The number of carbonyl (C=O) groups excluding carboxylic acids is 1.